The summed E-state index contributed by atoms with van der Waals surface area (Å²) in [6.07, 6.45) is 0. The Kier molecular flexibility index (Phi) is 8.03. The molecule has 214 valence electrons. The molecule has 2 saturated heterocycles. The number of piperazine rings is 2. The molecule has 1 aromatic heterocycles. The smallest absolute Gasteiger partial charge is 0.271 e. The molecule has 2 fully saturated rings. The van der Waals surface area contributed by atoms with Crippen molar-refractivity contribution >= 4 is 32.6 Å². The molecule has 1 atom stereocenters. The summed E-state index contributed by atoms with van der Waals surface area (Å²) in [5.74, 6) is -0.333. The zero-order valence-corrected chi connectivity index (χ0v) is 24.5. The maximum atomic E-state index is 14.1. The van der Waals surface area contributed by atoms with Crippen LogP contribution in [0.4, 0.5) is 0 Å². The van der Waals surface area contributed by atoms with Crippen LogP contribution in [0.25, 0.3) is 10.9 Å². The molecule has 0 radical (unpaired) electrons. The minimum atomic E-state index is -3.79. The highest BCUT2D eigenvalue weighted by molar-refractivity contribution is 7.92. The van der Waals surface area contributed by atoms with Gasteiger partial charge < -0.3 is 19.7 Å². The molecule has 3 aromatic rings. The number of aromatic nitrogens is 1. The van der Waals surface area contributed by atoms with E-state index in [2.05, 4.69) is 24.1 Å². The standard InChI is InChI=1S/C30H39N5O4S/c1-21(2)32-14-16-33(17-15-32)29(36)23-10-11-26-24(18-23)19-27(35(26)22(3)4)30(37)34-13-12-31-20-28(34)40(38,39)25-8-6-5-7-9-25/h5-11,18-19,21-22,28,31H,12-17,20H2,1-4H3. The highest BCUT2D eigenvalue weighted by Gasteiger charge is 2.39. The zero-order valence-electron chi connectivity index (χ0n) is 23.7. The Morgan fingerprint density at radius 2 is 1.55 bits per heavy atom. The van der Waals surface area contributed by atoms with Crippen LogP contribution in [0, 0.1) is 0 Å². The van der Waals surface area contributed by atoms with E-state index in [1.807, 2.05) is 41.5 Å². The Bertz CT molecular complexity index is 1490. The number of nitrogens with zero attached hydrogens (tertiary/aromatic N) is 4. The quantitative estimate of drug-likeness (QED) is 0.493. The lowest BCUT2D eigenvalue weighted by atomic mass is 10.1. The number of carbonyl (C=O) groups is 2. The predicted octanol–water partition coefficient (Wildman–Crippen LogP) is 3.23. The number of benzene rings is 2. The van der Waals surface area contributed by atoms with E-state index in [0.29, 0.717) is 36.9 Å². The van der Waals surface area contributed by atoms with Gasteiger partial charge in [0.15, 0.2) is 5.37 Å². The average Bonchev–Trinajstić information content (AvgIpc) is 3.36. The van der Waals surface area contributed by atoms with Crippen molar-refractivity contribution in [2.24, 2.45) is 0 Å². The number of sulfone groups is 1. The van der Waals surface area contributed by atoms with E-state index < -0.39 is 15.2 Å². The molecule has 2 amide bonds. The first-order chi connectivity index (χ1) is 19.1. The molecule has 2 aromatic carbocycles. The first-order valence-electron chi connectivity index (χ1n) is 14.1. The monoisotopic (exact) mass is 565 g/mol. The molecule has 3 heterocycles. The minimum Gasteiger partial charge on any atom is -0.336 e. The van der Waals surface area contributed by atoms with Crippen LogP contribution in [0.2, 0.25) is 0 Å². The van der Waals surface area contributed by atoms with Gasteiger partial charge in [-0.15, -0.1) is 0 Å². The van der Waals surface area contributed by atoms with Gasteiger partial charge in [-0.2, -0.15) is 0 Å². The molecule has 1 unspecified atom stereocenters. The molecule has 0 bridgehead atoms. The lowest BCUT2D eigenvalue weighted by molar-refractivity contribution is 0.0595. The van der Waals surface area contributed by atoms with Crippen LogP contribution in [0.1, 0.15) is 54.6 Å². The van der Waals surface area contributed by atoms with Crippen molar-refractivity contribution in [2.45, 2.75) is 50.0 Å². The van der Waals surface area contributed by atoms with Gasteiger partial charge in [-0.3, -0.25) is 14.5 Å². The summed E-state index contributed by atoms with van der Waals surface area (Å²) < 4.78 is 29.1. The summed E-state index contributed by atoms with van der Waals surface area (Å²) in [5.41, 5.74) is 1.87. The molecule has 5 rings (SSSR count). The van der Waals surface area contributed by atoms with Crippen molar-refractivity contribution in [2.75, 3.05) is 45.8 Å². The van der Waals surface area contributed by atoms with Gasteiger partial charge in [0.05, 0.1) is 4.90 Å². The molecule has 2 aliphatic rings. The molecule has 0 saturated carbocycles. The van der Waals surface area contributed by atoms with E-state index in [0.717, 1.165) is 24.0 Å². The Labute approximate surface area is 236 Å². The van der Waals surface area contributed by atoms with Gasteiger partial charge in [-0.05, 0) is 64.1 Å². The number of nitrogens with one attached hydrogen (secondary N) is 1. The van der Waals surface area contributed by atoms with Gasteiger partial charge >= 0.3 is 0 Å². The first-order valence-corrected chi connectivity index (χ1v) is 15.6. The second-order valence-electron chi connectivity index (χ2n) is 11.2. The molecule has 10 heteroatoms. The van der Waals surface area contributed by atoms with Gasteiger partial charge in [0, 0.05) is 74.4 Å². The second-order valence-corrected chi connectivity index (χ2v) is 13.3. The van der Waals surface area contributed by atoms with Crippen molar-refractivity contribution in [3.8, 4) is 0 Å². The summed E-state index contributed by atoms with van der Waals surface area (Å²) >= 11 is 0. The Hall–Kier alpha value is -3.21. The topological polar surface area (TPSA) is 95.0 Å². The number of carbonyl (C=O) groups excluding carboxylic acids is 2. The molecular formula is C30H39N5O4S. The van der Waals surface area contributed by atoms with Crippen LogP contribution in [0.15, 0.2) is 59.5 Å². The van der Waals surface area contributed by atoms with Gasteiger partial charge in [0.1, 0.15) is 5.69 Å². The lowest BCUT2D eigenvalue weighted by Gasteiger charge is -2.37. The fourth-order valence-corrected chi connectivity index (χ4v) is 7.54. The maximum absolute atomic E-state index is 14.1. The average molecular weight is 566 g/mol. The fourth-order valence-electron chi connectivity index (χ4n) is 5.82. The molecular weight excluding hydrogens is 526 g/mol. The van der Waals surface area contributed by atoms with Crippen LogP contribution < -0.4 is 5.32 Å². The van der Waals surface area contributed by atoms with Crippen molar-refractivity contribution in [3.05, 3.63) is 65.9 Å². The second kappa shape index (κ2) is 11.3. The third-order valence-electron chi connectivity index (χ3n) is 8.04. The SMILES string of the molecule is CC(C)N1CCN(C(=O)c2ccc3c(c2)cc(C(=O)N2CCNCC2S(=O)(=O)c2ccccc2)n3C(C)C)CC1. The summed E-state index contributed by atoms with van der Waals surface area (Å²) in [6, 6.07) is 16.1. The van der Waals surface area contributed by atoms with Gasteiger partial charge in [0.25, 0.3) is 11.8 Å². The van der Waals surface area contributed by atoms with Crippen LogP contribution in [0.3, 0.4) is 0 Å². The molecule has 40 heavy (non-hydrogen) atoms. The van der Waals surface area contributed by atoms with E-state index >= 15 is 0 Å². The molecule has 0 spiro atoms. The fraction of sp³-hybridized carbons (Fsp3) is 0.467. The van der Waals surface area contributed by atoms with E-state index in [1.54, 1.807) is 36.4 Å². The third kappa shape index (κ3) is 5.27. The Balaban J connectivity index is 1.46. The van der Waals surface area contributed by atoms with Crippen molar-refractivity contribution < 1.29 is 18.0 Å². The molecule has 0 aliphatic carbocycles. The van der Waals surface area contributed by atoms with E-state index in [9.17, 15) is 18.0 Å². The van der Waals surface area contributed by atoms with E-state index in [1.165, 1.54) is 4.90 Å². The number of fused-ring (bicyclic) bond motifs is 1. The zero-order chi connectivity index (χ0) is 28.6. The molecule has 2 aliphatic heterocycles. The highest BCUT2D eigenvalue weighted by atomic mass is 32.2. The molecule has 9 nitrogen and oxygen atoms in total. The van der Waals surface area contributed by atoms with E-state index in [-0.39, 0.29) is 35.8 Å². The minimum absolute atomic E-state index is 0.00777. The normalized spacial score (nSPS) is 19.1. The lowest BCUT2D eigenvalue weighted by Crippen LogP contribution is -2.57. The summed E-state index contributed by atoms with van der Waals surface area (Å²) in [6.45, 7) is 12.4. The van der Waals surface area contributed by atoms with Crippen molar-refractivity contribution in [3.63, 3.8) is 0 Å². The number of rotatable bonds is 6. The molecule has 1 N–H and O–H groups in total. The van der Waals surface area contributed by atoms with Crippen LogP contribution >= 0.6 is 0 Å². The van der Waals surface area contributed by atoms with Gasteiger partial charge in [-0.1, -0.05) is 18.2 Å². The van der Waals surface area contributed by atoms with Crippen LogP contribution in [0.5, 0.6) is 0 Å². The largest absolute Gasteiger partial charge is 0.336 e. The van der Waals surface area contributed by atoms with Crippen LogP contribution in [-0.2, 0) is 9.84 Å². The van der Waals surface area contributed by atoms with Crippen molar-refractivity contribution in [1.29, 1.82) is 0 Å². The summed E-state index contributed by atoms with van der Waals surface area (Å²) in [4.78, 5) is 33.4. The summed E-state index contributed by atoms with van der Waals surface area (Å²) in [5, 5.41) is 2.92. The van der Waals surface area contributed by atoms with Gasteiger partial charge in [0.2, 0.25) is 9.84 Å². The number of amides is 2. The van der Waals surface area contributed by atoms with E-state index in [4.69, 9.17) is 0 Å². The Morgan fingerprint density at radius 1 is 0.850 bits per heavy atom. The third-order valence-corrected chi connectivity index (χ3v) is 10.1. The van der Waals surface area contributed by atoms with Crippen LogP contribution in [-0.4, -0.2) is 96.7 Å². The predicted molar refractivity (Wildman–Crippen MR) is 156 cm³/mol. The van der Waals surface area contributed by atoms with Gasteiger partial charge in [-0.25, -0.2) is 8.42 Å². The number of hydrogen-bond acceptors (Lipinski definition) is 6. The highest BCUT2D eigenvalue weighted by Crippen LogP contribution is 2.29. The maximum Gasteiger partial charge on any atom is 0.271 e. The number of hydrogen-bond donors (Lipinski definition) is 1. The van der Waals surface area contributed by atoms with Crippen molar-refractivity contribution in [1.82, 2.24) is 24.6 Å². The first kappa shape index (κ1) is 28.3. The summed E-state index contributed by atoms with van der Waals surface area (Å²) in [7, 11) is -3.79. The Morgan fingerprint density at radius 3 is 2.20 bits per heavy atom.